The van der Waals surface area contributed by atoms with Crippen molar-refractivity contribution in [3.05, 3.63) is 18.0 Å². The molecule has 1 aromatic heterocycles. The van der Waals surface area contributed by atoms with Gasteiger partial charge < -0.3 is 5.32 Å². The zero-order valence-corrected chi connectivity index (χ0v) is 7.03. The second-order valence-electron chi connectivity index (χ2n) is 3.75. The zero-order chi connectivity index (χ0) is 7.97. The van der Waals surface area contributed by atoms with Crippen LogP contribution in [0.3, 0.4) is 0 Å². The van der Waals surface area contributed by atoms with Crippen LogP contribution < -0.4 is 5.32 Å². The second kappa shape index (κ2) is 2.33. The van der Waals surface area contributed by atoms with E-state index < -0.39 is 0 Å². The Morgan fingerprint density at radius 1 is 1.50 bits per heavy atom. The SMILES string of the molecule is c1cc2n(n1)C1CCCC1NC2. The summed E-state index contributed by atoms with van der Waals surface area (Å²) in [6, 6.07) is 3.45. The minimum Gasteiger partial charge on any atom is -0.306 e. The molecule has 1 aliphatic heterocycles. The van der Waals surface area contributed by atoms with E-state index in [0.29, 0.717) is 12.1 Å². The Morgan fingerprint density at radius 2 is 2.50 bits per heavy atom. The highest BCUT2D eigenvalue weighted by Gasteiger charge is 2.32. The van der Waals surface area contributed by atoms with Crippen LogP contribution in [0.5, 0.6) is 0 Å². The van der Waals surface area contributed by atoms with Crippen LogP contribution in [0.4, 0.5) is 0 Å². The Balaban J connectivity index is 2.04. The standard InChI is InChI=1S/C9H13N3/c1-2-8-9(3-1)12-7(6-10-8)4-5-11-12/h4-5,8-10H,1-3,6H2. The van der Waals surface area contributed by atoms with Crippen molar-refractivity contribution in [2.45, 2.75) is 37.9 Å². The van der Waals surface area contributed by atoms with E-state index in [1.54, 1.807) is 0 Å². The van der Waals surface area contributed by atoms with Gasteiger partial charge in [0.05, 0.1) is 11.7 Å². The van der Waals surface area contributed by atoms with Crippen LogP contribution in [0.15, 0.2) is 12.3 Å². The first-order valence-electron chi connectivity index (χ1n) is 4.71. The van der Waals surface area contributed by atoms with Gasteiger partial charge in [-0.25, -0.2) is 0 Å². The van der Waals surface area contributed by atoms with Crippen LogP contribution in [0.1, 0.15) is 31.0 Å². The van der Waals surface area contributed by atoms with Crippen molar-refractivity contribution < 1.29 is 0 Å². The van der Waals surface area contributed by atoms with E-state index in [1.165, 1.54) is 25.0 Å². The van der Waals surface area contributed by atoms with Crippen LogP contribution in [-0.2, 0) is 6.54 Å². The van der Waals surface area contributed by atoms with Crippen molar-refractivity contribution in [2.75, 3.05) is 0 Å². The molecule has 0 radical (unpaired) electrons. The van der Waals surface area contributed by atoms with E-state index in [2.05, 4.69) is 21.2 Å². The number of nitrogens with one attached hydrogen (secondary N) is 1. The number of nitrogens with zero attached hydrogens (tertiary/aromatic N) is 2. The monoisotopic (exact) mass is 163 g/mol. The van der Waals surface area contributed by atoms with Crippen molar-refractivity contribution in [1.82, 2.24) is 15.1 Å². The van der Waals surface area contributed by atoms with E-state index in [-0.39, 0.29) is 0 Å². The number of fused-ring (bicyclic) bond motifs is 3. The van der Waals surface area contributed by atoms with Crippen molar-refractivity contribution in [3.63, 3.8) is 0 Å². The Labute approximate surface area is 71.8 Å². The molecule has 2 atom stereocenters. The lowest BCUT2D eigenvalue weighted by Crippen LogP contribution is -2.39. The van der Waals surface area contributed by atoms with Gasteiger partial charge in [0, 0.05) is 18.8 Å². The quantitative estimate of drug-likeness (QED) is 0.620. The Morgan fingerprint density at radius 3 is 3.50 bits per heavy atom. The highest BCUT2D eigenvalue weighted by Crippen LogP contribution is 2.33. The molecule has 0 aromatic carbocycles. The van der Waals surface area contributed by atoms with Crippen LogP contribution >= 0.6 is 0 Å². The summed E-state index contributed by atoms with van der Waals surface area (Å²) in [4.78, 5) is 0. The molecule has 2 aliphatic rings. The molecule has 1 saturated carbocycles. The van der Waals surface area contributed by atoms with Gasteiger partial charge in [0.15, 0.2) is 0 Å². The van der Waals surface area contributed by atoms with Gasteiger partial charge in [0.1, 0.15) is 0 Å². The average Bonchev–Trinajstić information content (AvgIpc) is 2.71. The van der Waals surface area contributed by atoms with Crippen LogP contribution in [0.25, 0.3) is 0 Å². The number of hydrogen-bond acceptors (Lipinski definition) is 2. The van der Waals surface area contributed by atoms with Gasteiger partial charge in [-0.3, -0.25) is 4.68 Å². The molecule has 2 heterocycles. The minimum absolute atomic E-state index is 0.642. The largest absolute Gasteiger partial charge is 0.306 e. The van der Waals surface area contributed by atoms with E-state index in [1.807, 2.05) is 6.20 Å². The van der Waals surface area contributed by atoms with Gasteiger partial charge in [-0.1, -0.05) is 0 Å². The molecule has 0 spiro atoms. The van der Waals surface area contributed by atoms with Crippen LogP contribution in [0, 0.1) is 0 Å². The summed E-state index contributed by atoms with van der Waals surface area (Å²) < 4.78 is 2.22. The maximum Gasteiger partial charge on any atom is 0.0676 e. The molecular formula is C9H13N3. The molecule has 1 fully saturated rings. The Kier molecular flexibility index (Phi) is 1.29. The first-order valence-corrected chi connectivity index (χ1v) is 4.71. The average molecular weight is 163 g/mol. The molecule has 12 heavy (non-hydrogen) atoms. The third kappa shape index (κ3) is 0.771. The van der Waals surface area contributed by atoms with Crippen molar-refractivity contribution in [3.8, 4) is 0 Å². The molecule has 64 valence electrons. The van der Waals surface area contributed by atoms with E-state index in [0.717, 1.165) is 6.54 Å². The molecule has 3 nitrogen and oxygen atoms in total. The topological polar surface area (TPSA) is 29.9 Å². The summed E-state index contributed by atoms with van der Waals surface area (Å²) in [5.41, 5.74) is 1.35. The summed E-state index contributed by atoms with van der Waals surface area (Å²) in [6.07, 6.45) is 5.88. The number of rotatable bonds is 0. The third-order valence-electron chi connectivity index (χ3n) is 3.09. The maximum atomic E-state index is 4.38. The lowest BCUT2D eigenvalue weighted by molar-refractivity contribution is 0.313. The minimum atomic E-state index is 0.642. The molecule has 0 bridgehead atoms. The molecule has 1 N–H and O–H groups in total. The normalized spacial score (nSPS) is 33.0. The van der Waals surface area contributed by atoms with Gasteiger partial charge in [-0.15, -0.1) is 0 Å². The van der Waals surface area contributed by atoms with Gasteiger partial charge >= 0.3 is 0 Å². The molecule has 3 rings (SSSR count). The smallest absolute Gasteiger partial charge is 0.0676 e. The molecule has 1 aromatic rings. The van der Waals surface area contributed by atoms with Crippen LogP contribution in [-0.4, -0.2) is 15.8 Å². The predicted octanol–water partition coefficient (Wildman–Crippen LogP) is 1.08. The summed E-state index contributed by atoms with van der Waals surface area (Å²) in [5.74, 6) is 0. The van der Waals surface area contributed by atoms with Crippen molar-refractivity contribution in [1.29, 1.82) is 0 Å². The second-order valence-corrected chi connectivity index (χ2v) is 3.75. The van der Waals surface area contributed by atoms with E-state index in [4.69, 9.17) is 0 Å². The van der Waals surface area contributed by atoms with Gasteiger partial charge in [0.25, 0.3) is 0 Å². The molecular weight excluding hydrogens is 150 g/mol. The van der Waals surface area contributed by atoms with Gasteiger partial charge in [-0.2, -0.15) is 5.10 Å². The van der Waals surface area contributed by atoms with Crippen molar-refractivity contribution >= 4 is 0 Å². The van der Waals surface area contributed by atoms with Gasteiger partial charge in [-0.05, 0) is 25.3 Å². The predicted molar refractivity (Wildman–Crippen MR) is 45.7 cm³/mol. The van der Waals surface area contributed by atoms with Crippen LogP contribution in [0.2, 0.25) is 0 Å². The molecule has 0 amide bonds. The maximum absolute atomic E-state index is 4.38. The summed E-state index contributed by atoms with van der Waals surface area (Å²) in [6.45, 7) is 1.00. The van der Waals surface area contributed by atoms with E-state index >= 15 is 0 Å². The fourth-order valence-corrected chi connectivity index (χ4v) is 2.49. The fraction of sp³-hybridized carbons (Fsp3) is 0.667. The molecule has 0 saturated heterocycles. The highest BCUT2D eigenvalue weighted by molar-refractivity contribution is 5.08. The zero-order valence-electron chi connectivity index (χ0n) is 7.03. The lowest BCUT2D eigenvalue weighted by Gasteiger charge is -2.28. The molecule has 3 heteroatoms. The van der Waals surface area contributed by atoms with E-state index in [9.17, 15) is 0 Å². The number of hydrogen-bond donors (Lipinski definition) is 1. The fourth-order valence-electron chi connectivity index (χ4n) is 2.49. The summed E-state index contributed by atoms with van der Waals surface area (Å²) >= 11 is 0. The number of aromatic nitrogens is 2. The molecule has 2 unspecified atom stereocenters. The first kappa shape index (κ1) is 6.66. The lowest BCUT2D eigenvalue weighted by atomic mass is 10.1. The first-order chi connectivity index (χ1) is 5.95. The highest BCUT2D eigenvalue weighted by atomic mass is 15.3. The van der Waals surface area contributed by atoms with Crippen molar-refractivity contribution in [2.24, 2.45) is 0 Å². The Bertz CT molecular complexity index is 292. The van der Waals surface area contributed by atoms with Gasteiger partial charge in [0.2, 0.25) is 0 Å². The third-order valence-corrected chi connectivity index (χ3v) is 3.09. The molecule has 1 aliphatic carbocycles. The Hall–Kier alpha value is -0.830. The summed E-state index contributed by atoms with van der Waals surface area (Å²) in [5, 5.41) is 7.94. The summed E-state index contributed by atoms with van der Waals surface area (Å²) in [7, 11) is 0.